The van der Waals surface area contributed by atoms with E-state index in [9.17, 15) is 14.4 Å². The van der Waals surface area contributed by atoms with Gasteiger partial charge in [-0.3, -0.25) is 14.4 Å². The third-order valence-corrected chi connectivity index (χ3v) is 11.2. The molecule has 0 radical (unpaired) electrons. The van der Waals surface area contributed by atoms with Gasteiger partial charge in [0, 0.05) is 19.3 Å². The largest absolute Gasteiger partial charge is 0.462 e. The average molecular weight is 1000 g/mol. The molecule has 0 aromatic rings. The van der Waals surface area contributed by atoms with Gasteiger partial charge in [0.25, 0.3) is 0 Å². The van der Waals surface area contributed by atoms with Crippen LogP contribution in [0.15, 0.2) is 170 Å². The lowest BCUT2D eigenvalue weighted by Gasteiger charge is -2.18. The first-order chi connectivity index (χ1) is 36.0. The Balaban J connectivity index is 4.65. The van der Waals surface area contributed by atoms with Gasteiger partial charge >= 0.3 is 17.9 Å². The lowest BCUT2D eigenvalue weighted by molar-refractivity contribution is -0.166. The van der Waals surface area contributed by atoms with Crippen molar-refractivity contribution in [2.24, 2.45) is 0 Å². The molecule has 0 aliphatic rings. The summed E-state index contributed by atoms with van der Waals surface area (Å²) in [7, 11) is 0. The summed E-state index contributed by atoms with van der Waals surface area (Å²) in [5, 5.41) is 0. The molecule has 0 rings (SSSR count). The predicted molar refractivity (Wildman–Crippen MR) is 315 cm³/mol. The summed E-state index contributed by atoms with van der Waals surface area (Å²) >= 11 is 0. The molecule has 0 unspecified atom stereocenters. The van der Waals surface area contributed by atoms with Crippen molar-refractivity contribution in [1.82, 2.24) is 0 Å². The smallest absolute Gasteiger partial charge is 0.306 e. The highest BCUT2D eigenvalue weighted by Gasteiger charge is 2.19. The summed E-state index contributed by atoms with van der Waals surface area (Å²) in [6.07, 6.45) is 87.8. The Kier molecular flexibility index (Phi) is 55.1. The average Bonchev–Trinajstić information content (AvgIpc) is 3.39. The maximum Gasteiger partial charge on any atom is 0.306 e. The molecule has 0 saturated heterocycles. The van der Waals surface area contributed by atoms with Gasteiger partial charge in [0.1, 0.15) is 13.2 Å². The van der Waals surface area contributed by atoms with E-state index in [4.69, 9.17) is 14.2 Å². The number of rotatable bonds is 49. The van der Waals surface area contributed by atoms with Gasteiger partial charge in [0.05, 0.1) is 0 Å². The van der Waals surface area contributed by atoms with E-state index in [1.165, 1.54) is 25.7 Å². The van der Waals surface area contributed by atoms with Crippen molar-refractivity contribution in [2.45, 2.75) is 219 Å². The van der Waals surface area contributed by atoms with Crippen molar-refractivity contribution >= 4 is 17.9 Å². The van der Waals surface area contributed by atoms with E-state index in [1.54, 1.807) is 0 Å². The fourth-order valence-electron chi connectivity index (χ4n) is 6.97. The maximum atomic E-state index is 12.9. The minimum absolute atomic E-state index is 0.135. The van der Waals surface area contributed by atoms with E-state index >= 15 is 0 Å². The van der Waals surface area contributed by atoms with Gasteiger partial charge in [-0.2, -0.15) is 0 Å². The van der Waals surface area contributed by atoms with Crippen LogP contribution in [0.5, 0.6) is 0 Å². The molecule has 0 heterocycles. The van der Waals surface area contributed by atoms with Gasteiger partial charge in [-0.25, -0.2) is 0 Å². The van der Waals surface area contributed by atoms with Crippen LogP contribution in [0, 0.1) is 0 Å². The molecule has 0 aromatic heterocycles. The Morgan fingerprint density at radius 1 is 0.288 bits per heavy atom. The van der Waals surface area contributed by atoms with Crippen molar-refractivity contribution in [3.05, 3.63) is 170 Å². The zero-order chi connectivity index (χ0) is 52.9. The lowest BCUT2D eigenvalue weighted by Crippen LogP contribution is -2.30. The summed E-state index contributed by atoms with van der Waals surface area (Å²) < 4.78 is 16.7. The Hall–Kier alpha value is -5.23. The first-order valence-corrected chi connectivity index (χ1v) is 28.6. The molecule has 0 spiro atoms. The normalized spacial score (nSPS) is 13.4. The molecular weight excluding hydrogens is 901 g/mol. The number of carbonyl (C=O) groups is 3. The summed E-state index contributed by atoms with van der Waals surface area (Å²) in [6.45, 7) is 6.25. The SMILES string of the molecule is CC/C=C\C/C=C\C/C=C\C/C=C\C/C=C\C/C=C\CCC(=O)OC[C@H](COC(=O)CCCCCC/C=C\C/C=C\C/C=C\CCCCC)OC(=O)CCCCC/C=C\C/C=C\C/C=C\C/C=C\C/C=C\CC. The Morgan fingerprint density at radius 3 is 0.918 bits per heavy atom. The first kappa shape index (κ1) is 67.8. The zero-order valence-electron chi connectivity index (χ0n) is 46.3. The van der Waals surface area contributed by atoms with Crippen LogP contribution in [0.25, 0.3) is 0 Å². The van der Waals surface area contributed by atoms with Crippen LogP contribution in [0.3, 0.4) is 0 Å². The molecule has 0 aliphatic heterocycles. The summed E-state index contributed by atoms with van der Waals surface area (Å²) in [5.74, 6) is -1.09. The van der Waals surface area contributed by atoms with Crippen LogP contribution in [-0.2, 0) is 28.6 Å². The molecule has 0 amide bonds. The molecule has 1 atom stereocenters. The predicted octanol–water partition coefficient (Wildman–Crippen LogP) is 19.5. The van der Waals surface area contributed by atoms with Gasteiger partial charge in [-0.15, -0.1) is 0 Å². The van der Waals surface area contributed by atoms with Crippen LogP contribution in [-0.4, -0.2) is 37.2 Å². The molecule has 73 heavy (non-hydrogen) atoms. The second-order valence-electron chi connectivity index (χ2n) is 18.1. The van der Waals surface area contributed by atoms with E-state index in [2.05, 4.69) is 179 Å². The van der Waals surface area contributed by atoms with E-state index in [0.29, 0.717) is 19.3 Å². The van der Waals surface area contributed by atoms with Crippen LogP contribution >= 0.6 is 0 Å². The van der Waals surface area contributed by atoms with E-state index < -0.39 is 6.10 Å². The highest BCUT2D eigenvalue weighted by Crippen LogP contribution is 2.11. The van der Waals surface area contributed by atoms with E-state index in [1.807, 2.05) is 12.2 Å². The summed E-state index contributed by atoms with van der Waals surface area (Å²) in [5.41, 5.74) is 0. The molecule has 0 fully saturated rings. The van der Waals surface area contributed by atoms with Crippen molar-refractivity contribution < 1.29 is 28.6 Å². The number of hydrogen-bond acceptors (Lipinski definition) is 6. The Bertz CT molecular complexity index is 1720. The molecule has 0 N–H and O–H groups in total. The number of esters is 3. The van der Waals surface area contributed by atoms with Gasteiger partial charge in [0.15, 0.2) is 6.10 Å². The minimum Gasteiger partial charge on any atom is -0.462 e. The van der Waals surface area contributed by atoms with Crippen LogP contribution in [0.4, 0.5) is 0 Å². The number of hydrogen-bond donors (Lipinski definition) is 0. The highest BCUT2D eigenvalue weighted by molar-refractivity contribution is 5.71. The van der Waals surface area contributed by atoms with Crippen LogP contribution in [0.1, 0.15) is 213 Å². The second-order valence-corrected chi connectivity index (χ2v) is 18.1. The first-order valence-electron chi connectivity index (χ1n) is 28.6. The lowest BCUT2D eigenvalue weighted by atomic mass is 10.1. The number of unbranched alkanes of at least 4 members (excludes halogenated alkanes) is 10. The molecule has 0 saturated carbocycles. The third kappa shape index (κ3) is 57.5. The van der Waals surface area contributed by atoms with Crippen molar-refractivity contribution in [3.8, 4) is 0 Å². The minimum atomic E-state index is -0.846. The highest BCUT2D eigenvalue weighted by atomic mass is 16.6. The van der Waals surface area contributed by atoms with Gasteiger partial charge in [-0.1, -0.05) is 223 Å². The molecule has 6 heteroatoms. The van der Waals surface area contributed by atoms with Gasteiger partial charge in [-0.05, 0) is 141 Å². The number of carbonyl (C=O) groups excluding carboxylic acids is 3. The Morgan fingerprint density at radius 2 is 0.562 bits per heavy atom. The standard InChI is InChI=1S/C67H102O6/c1-4-7-10-13-16-19-22-25-28-31-33-36-39-42-45-48-51-54-57-60-66(69)72-63-64(62-71-65(68)59-56-53-50-47-44-41-38-35-30-27-24-21-18-15-12-9-6-3)73-67(70)61-58-55-52-49-46-43-40-37-34-32-29-26-23-20-17-14-11-8-5-2/h7-8,10-11,16-21,25-30,33-34,36-38,41-43,45-46,51,54,64H,4-6,9,12-15,22-24,31-32,35,39-40,44,47-50,52-53,55-63H2,1-3H3/b10-7-,11-8-,19-16-,20-17-,21-18-,28-25-,29-26-,30-27-,36-33-,37-34-,41-38-,45-42-,46-43-,54-51-/t64-/m0/s1. The monoisotopic (exact) mass is 1000 g/mol. The van der Waals surface area contributed by atoms with Gasteiger partial charge in [0.2, 0.25) is 0 Å². The topological polar surface area (TPSA) is 78.9 Å². The summed E-state index contributed by atoms with van der Waals surface area (Å²) in [6, 6.07) is 0. The molecule has 0 aromatic carbocycles. The third-order valence-electron chi connectivity index (χ3n) is 11.2. The van der Waals surface area contributed by atoms with Crippen molar-refractivity contribution in [2.75, 3.05) is 13.2 Å². The fourth-order valence-corrected chi connectivity index (χ4v) is 6.97. The zero-order valence-corrected chi connectivity index (χ0v) is 46.3. The number of ether oxygens (including phenoxy) is 3. The molecule has 0 bridgehead atoms. The van der Waals surface area contributed by atoms with Crippen molar-refractivity contribution in [1.29, 1.82) is 0 Å². The summed E-state index contributed by atoms with van der Waals surface area (Å²) in [4.78, 5) is 38.2. The molecular formula is C67H102O6. The quantitative estimate of drug-likeness (QED) is 0.0261. The molecule has 6 nitrogen and oxygen atoms in total. The molecule has 406 valence electrons. The number of allylic oxidation sites excluding steroid dienone is 28. The maximum absolute atomic E-state index is 12.9. The van der Waals surface area contributed by atoms with Crippen LogP contribution < -0.4 is 0 Å². The molecule has 0 aliphatic carbocycles. The Labute approximate surface area is 447 Å². The fraction of sp³-hybridized carbons (Fsp3) is 0.537. The second kappa shape index (κ2) is 59.3. The van der Waals surface area contributed by atoms with Gasteiger partial charge < -0.3 is 14.2 Å². The van der Waals surface area contributed by atoms with Crippen molar-refractivity contribution in [3.63, 3.8) is 0 Å². The van der Waals surface area contributed by atoms with Crippen LogP contribution in [0.2, 0.25) is 0 Å². The van der Waals surface area contributed by atoms with E-state index in [0.717, 1.165) is 135 Å². The van der Waals surface area contributed by atoms with E-state index in [-0.39, 0.29) is 44.0 Å².